The SMILES string of the molecule is CC/C=C\C/C=C\C/C=C\C/C=C\C/C=C\C/C=C\CCCCCCCCCCCCCCCCC(=O)OC(COC(=O)CCCCCCCCCCCCCCCCCCCCCCCCCCCCCCCCC)COC(OCC[N+](C)(C)C)C(=O)[O-]. The zero-order valence-corrected chi connectivity index (χ0v) is 59.3. The maximum atomic E-state index is 13.0. The first-order valence-corrected chi connectivity index (χ1v) is 38.1. The first-order valence-electron chi connectivity index (χ1n) is 38.1. The zero-order chi connectivity index (χ0) is 64.7. The van der Waals surface area contributed by atoms with Crippen molar-refractivity contribution in [3.63, 3.8) is 0 Å². The number of esters is 2. The van der Waals surface area contributed by atoms with Crippen LogP contribution in [0.2, 0.25) is 0 Å². The van der Waals surface area contributed by atoms with Crippen molar-refractivity contribution >= 4 is 17.9 Å². The van der Waals surface area contributed by atoms with Gasteiger partial charge in [0.1, 0.15) is 13.2 Å². The van der Waals surface area contributed by atoms with Gasteiger partial charge in [-0.3, -0.25) is 9.59 Å². The summed E-state index contributed by atoms with van der Waals surface area (Å²) in [6, 6.07) is 0. The number of carbonyl (C=O) groups is 3. The number of nitrogens with zero attached hydrogens (tertiary/aromatic N) is 1. The quantitative estimate of drug-likeness (QED) is 0.0195. The van der Waals surface area contributed by atoms with Crippen LogP contribution in [0.5, 0.6) is 0 Å². The lowest BCUT2D eigenvalue weighted by molar-refractivity contribution is -0.870. The van der Waals surface area contributed by atoms with Crippen LogP contribution >= 0.6 is 0 Å². The highest BCUT2D eigenvalue weighted by molar-refractivity contribution is 5.70. The summed E-state index contributed by atoms with van der Waals surface area (Å²) in [5.41, 5.74) is 0. The summed E-state index contributed by atoms with van der Waals surface area (Å²) in [5, 5.41) is 11.8. The molecule has 0 aromatic heterocycles. The number of hydrogen-bond donors (Lipinski definition) is 0. The maximum absolute atomic E-state index is 13.0. The molecule has 0 amide bonds. The predicted octanol–water partition coefficient (Wildman–Crippen LogP) is 22.7. The Labute approximate surface area is 551 Å². The Morgan fingerprint density at radius 1 is 0.348 bits per heavy atom. The number of carboxylic acid groups (broad SMARTS) is 1. The molecule has 2 unspecified atom stereocenters. The van der Waals surface area contributed by atoms with Crippen LogP contribution in [0.25, 0.3) is 0 Å². The summed E-state index contributed by atoms with van der Waals surface area (Å²) < 4.78 is 22.9. The van der Waals surface area contributed by atoms with Crippen LogP contribution in [0.1, 0.15) is 361 Å². The van der Waals surface area contributed by atoms with E-state index in [1.165, 1.54) is 250 Å². The minimum Gasteiger partial charge on any atom is -0.545 e. The monoisotopic (exact) mass is 1250 g/mol. The molecule has 0 saturated carbocycles. The van der Waals surface area contributed by atoms with E-state index in [9.17, 15) is 19.5 Å². The third kappa shape index (κ3) is 72.0. The van der Waals surface area contributed by atoms with Crippen LogP contribution in [0.15, 0.2) is 72.9 Å². The van der Waals surface area contributed by atoms with Gasteiger partial charge in [0.05, 0.1) is 40.3 Å². The number of carboxylic acids is 1. The van der Waals surface area contributed by atoms with E-state index in [0.717, 1.165) is 77.0 Å². The van der Waals surface area contributed by atoms with Crippen molar-refractivity contribution in [2.45, 2.75) is 373 Å². The third-order valence-electron chi connectivity index (χ3n) is 17.0. The molecule has 0 heterocycles. The summed E-state index contributed by atoms with van der Waals surface area (Å²) >= 11 is 0. The number of ether oxygens (including phenoxy) is 4. The van der Waals surface area contributed by atoms with E-state index in [4.69, 9.17) is 18.9 Å². The highest BCUT2D eigenvalue weighted by Gasteiger charge is 2.22. The van der Waals surface area contributed by atoms with E-state index in [1.807, 2.05) is 21.1 Å². The van der Waals surface area contributed by atoms with Gasteiger partial charge in [0.15, 0.2) is 12.4 Å². The molecular weight excluding hydrogens is 1100 g/mol. The lowest BCUT2D eigenvalue weighted by atomic mass is 10.0. The summed E-state index contributed by atoms with van der Waals surface area (Å²) in [5.74, 6) is -2.26. The summed E-state index contributed by atoms with van der Waals surface area (Å²) in [6.45, 7) is 4.69. The summed E-state index contributed by atoms with van der Waals surface area (Å²) in [6.07, 6.45) is 91.5. The van der Waals surface area contributed by atoms with Gasteiger partial charge in [-0.1, -0.05) is 356 Å². The second-order valence-corrected chi connectivity index (χ2v) is 26.9. The second-order valence-electron chi connectivity index (χ2n) is 26.9. The van der Waals surface area contributed by atoms with Gasteiger partial charge < -0.3 is 33.3 Å². The number of carbonyl (C=O) groups excluding carboxylic acids is 3. The molecule has 0 spiro atoms. The molecule has 0 saturated heterocycles. The number of quaternary nitrogens is 1. The van der Waals surface area contributed by atoms with Crippen molar-refractivity contribution in [1.29, 1.82) is 0 Å². The van der Waals surface area contributed by atoms with Crippen LogP contribution in [-0.4, -0.2) is 82.3 Å². The standard InChI is InChI=1S/C80H145NO8/c1-6-8-10-12-14-16-18-20-22-24-26-28-30-32-34-36-38-39-41-43-45-47-49-51-53-55-57-59-61-63-65-67-69-71-78(83)89-76(75-88-80(79(84)85)86-73-72-81(3,4)5)74-87-77(82)70-68-66-64-62-60-58-56-54-52-50-48-46-44-42-40-37-35-33-31-29-27-25-23-21-19-17-15-13-11-9-7-2/h8,10,14,16,20,22,26,28,32,34,38-39,76,80H,6-7,9,11-13,15,17-19,21,23-25,27,29-31,33,35-37,40-75H2,1-5H3/b10-8-,16-14-,22-20-,28-26-,34-32-,39-38-. The molecule has 0 fully saturated rings. The molecule has 0 N–H and O–H groups in total. The molecule has 2 atom stereocenters. The molecular formula is C80H145NO8. The van der Waals surface area contributed by atoms with Gasteiger partial charge in [-0.05, 0) is 64.2 Å². The highest BCUT2D eigenvalue weighted by atomic mass is 16.7. The van der Waals surface area contributed by atoms with Gasteiger partial charge in [-0.2, -0.15) is 0 Å². The van der Waals surface area contributed by atoms with Crippen LogP contribution < -0.4 is 5.11 Å². The van der Waals surface area contributed by atoms with Crippen LogP contribution in [0.4, 0.5) is 0 Å². The maximum Gasteiger partial charge on any atom is 0.306 e. The Bertz CT molecular complexity index is 1690. The Morgan fingerprint density at radius 3 is 0.955 bits per heavy atom. The largest absolute Gasteiger partial charge is 0.545 e. The van der Waals surface area contributed by atoms with E-state index in [1.54, 1.807) is 0 Å². The molecule has 0 aromatic carbocycles. The number of aliphatic carboxylic acids is 1. The Morgan fingerprint density at radius 2 is 0.640 bits per heavy atom. The fourth-order valence-electron chi connectivity index (χ4n) is 11.2. The van der Waals surface area contributed by atoms with E-state index < -0.39 is 24.3 Å². The Balaban J connectivity index is 4.04. The van der Waals surface area contributed by atoms with Crippen LogP contribution in [0.3, 0.4) is 0 Å². The van der Waals surface area contributed by atoms with Gasteiger partial charge in [0, 0.05) is 12.8 Å². The van der Waals surface area contributed by atoms with Crippen molar-refractivity contribution in [2.75, 3.05) is 47.5 Å². The first kappa shape index (κ1) is 85.7. The first-order chi connectivity index (χ1) is 43.6. The van der Waals surface area contributed by atoms with Crippen molar-refractivity contribution in [3.05, 3.63) is 72.9 Å². The van der Waals surface area contributed by atoms with Gasteiger partial charge >= 0.3 is 11.9 Å². The van der Waals surface area contributed by atoms with Crippen molar-refractivity contribution in [2.24, 2.45) is 0 Å². The van der Waals surface area contributed by atoms with Gasteiger partial charge in [0.2, 0.25) is 0 Å². The van der Waals surface area contributed by atoms with E-state index in [2.05, 4.69) is 86.8 Å². The molecule has 9 nitrogen and oxygen atoms in total. The number of allylic oxidation sites excluding steroid dienone is 12. The Hall–Kier alpha value is -3.27. The molecule has 0 radical (unpaired) electrons. The zero-order valence-electron chi connectivity index (χ0n) is 59.3. The minimum atomic E-state index is -1.62. The molecule has 0 aliphatic rings. The van der Waals surface area contributed by atoms with Crippen molar-refractivity contribution < 1.29 is 42.9 Å². The second kappa shape index (κ2) is 70.6. The smallest absolute Gasteiger partial charge is 0.306 e. The lowest BCUT2D eigenvalue weighted by Gasteiger charge is -2.26. The average molecular weight is 1250 g/mol. The number of likely N-dealkylation sites (N-methyl/N-ethyl adjacent to an activating group) is 1. The van der Waals surface area contributed by atoms with Gasteiger partial charge in [0.25, 0.3) is 0 Å². The average Bonchev–Trinajstić information content (AvgIpc) is 3.64. The fourth-order valence-corrected chi connectivity index (χ4v) is 11.2. The molecule has 0 aromatic rings. The van der Waals surface area contributed by atoms with E-state index >= 15 is 0 Å². The fraction of sp³-hybridized carbons (Fsp3) is 0.812. The summed E-state index contributed by atoms with van der Waals surface area (Å²) in [7, 11) is 5.94. The minimum absolute atomic E-state index is 0.148. The van der Waals surface area contributed by atoms with Gasteiger partial charge in [-0.15, -0.1) is 0 Å². The molecule has 0 aliphatic carbocycles. The molecule has 0 bridgehead atoms. The lowest BCUT2D eigenvalue weighted by Crippen LogP contribution is -2.44. The van der Waals surface area contributed by atoms with Crippen LogP contribution in [0, 0.1) is 0 Å². The number of hydrogen-bond acceptors (Lipinski definition) is 8. The predicted molar refractivity (Wildman–Crippen MR) is 380 cm³/mol. The normalized spacial score (nSPS) is 13.0. The van der Waals surface area contributed by atoms with Crippen LogP contribution in [-0.2, 0) is 33.3 Å². The Kier molecular flexibility index (Phi) is 68.0. The topological polar surface area (TPSA) is 111 Å². The highest BCUT2D eigenvalue weighted by Crippen LogP contribution is 2.19. The number of unbranched alkanes of at least 4 members (excludes halogenated alkanes) is 44. The van der Waals surface area contributed by atoms with E-state index in [-0.39, 0.29) is 32.2 Å². The number of rotatable bonds is 71. The van der Waals surface area contributed by atoms with Crippen molar-refractivity contribution in [3.8, 4) is 0 Å². The molecule has 518 valence electrons. The molecule has 9 heteroatoms. The molecule has 89 heavy (non-hydrogen) atoms. The van der Waals surface area contributed by atoms with Gasteiger partial charge in [-0.25, -0.2) is 0 Å². The van der Waals surface area contributed by atoms with E-state index in [0.29, 0.717) is 23.9 Å². The van der Waals surface area contributed by atoms with Crippen molar-refractivity contribution in [1.82, 2.24) is 0 Å². The molecule has 0 rings (SSSR count). The molecule has 0 aliphatic heterocycles. The third-order valence-corrected chi connectivity index (χ3v) is 17.0. The summed E-state index contributed by atoms with van der Waals surface area (Å²) in [4.78, 5) is 37.6.